The first kappa shape index (κ1) is 13.1. The minimum atomic E-state index is 0.538. The molecule has 4 heteroatoms. The normalized spacial score (nSPS) is 23.0. The van der Waals surface area contributed by atoms with Gasteiger partial charge in [0, 0.05) is 19.2 Å². The van der Waals surface area contributed by atoms with Crippen LogP contribution in [0.2, 0.25) is 0 Å². The third kappa shape index (κ3) is 3.88. The van der Waals surface area contributed by atoms with E-state index < -0.39 is 0 Å². The van der Waals surface area contributed by atoms with Gasteiger partial charge in [0.15, 0.2) is 0 Å². The fourth-order valence-electron chi connectivity index (χ4n) is 2.35. The lowest BCUT2D eigenvalue weighted by molar-refractivity contribution is 0.144. The van der Waals surface area contributed by atoms with Gasteiger partial charge < -0.3 is 14.8 Å². The first-order valence-electron chi connectivity index (χ1n) is 6.62. The second-order valence-corrected chi connectivity index (χ2v) is 4.99. The second-order valence-electron chi connectivity index (χ2n) is 4.99. The third-order valence-corrected chi connectivity index (χ3v) is 3.34. The number of hydrogen-bond acceptors (Lipinski definition) is 4. The first-order valence-corrected chi connectivity index (χ1v) is 6.62. The number of anilines is 1. The summed E-state index contributed by atoms with van der Waals surface area (Å²) in [5.74, 6) is 1.49. The number of nitrogens with zero attached hydrogens (tertiary/aromatic N) is 1. The van der Waals surface area contributed by atoms with Gasteiger partial charge in [0.1, 0.15) is 6.61 Å². The van der Waals surface area contributed by atoms with Crippen LogP contribution in [0.25, 0.3) is 0 Å². The van der Waals surface area contributed by atoms with Crippen LogP contribution in [0.3, 0.4) is 0 Å². The molecule has 4 nitrogen and oxygen atoms in total. The standard InChI is InChI=1S/C14H22N2O2/c1-11-3-4-12(9-11)16-13-5-6-14(15-10-13)18-8-7-17-2/h5-6,10-12,16H,3-4,7-9H2,1-2H3. The van der Waals surface area contributed by atoms with Crippen molar-refractivity contribution < 1.29 is 9.47 Å². The highest BCUT2D eigenvalue weighted by Gasteiger charge is 2.20. The minimum absolute atomic E-state index is 0.538. The van der Waals surface area contributed by atoms with Gasteiger partial charge in [-0.15, -0.1) is 0 Å². The lowest BCUT2D eigenvalue weighted by Crippen LogP contribution is -2.15. The fourth-order valence-corrected chi connectivity index (χ4v) is 2.35. The van der Waals surface area contributed by atoms with E-state index >= 15 is 0 Å². The van der Waals surface area contributed by atoms with E-state index in [2.05, 4.69) is 17.2 Å². The van der Waals surface area contributed by atoms with Crippen LogP contribution in [-0.4, -0.2) is 31.3 Å². The number of ether oxygens (including phenoxy) is 2. The molecule has 1 aromatic heterocycles. The quantitative estimate of drug-likeness (QED) is 0.788. The second kappa shape index (κ2) is 6.59. The molecule has 0 aliphatic heterocycles. The summed E-state index contributed by atoms with van der Waals surface area (Å²) in [5.41, 5.74) is 1.08. The van der Waals surface area contributed by atoms with E-state index in [9.17, 15) is 0 Å². The average molecular weight is 250 g/mol. The highest BCUT2D eigenvalue weighted by atomic mass is 16.5. The third-order valence-electron chi connectivity index (χ3n) is 3.34. The molecule has 0 bridgehead atoms. The number of methoxy groups -OCH3 is 1. The van der Waals surface area contributed by atoms with Crippen LogP contribution in [0.4, 0.5) is 5.69 Å². The zero-order valence-electron chi connectivity index (χ0n) is 11.2. The van der Waals surface area contributed by atoms with Gasteiger partial charge in [0.25, 0.3) is 0 Å². The van der Waals surface area contributed by atoms with Gasteiger partial charge in [-0.1, -0.05) is 6.92 Å². The molecule has 2 unspecified atom stereocenters. The summed E-state index contributed by atoms with van der Waals surface area (Å²) >= 11 is 0. The molecule has 1 aliphatic rings. The molecular weight excluding hydrogens is 228 g/mol. The van der Waals surface area contributed by atoms with Crippen LogP contribution in [0, 0.1) is 5.92 Å². The molecule has 1 aromatic rings. The highest BCUT2D eigenvalue weighted by molar-refractivity contribution is 5.43. The monoisotopic (exact) mass is 250 g/mol. The van der Waals surface area contributed by atoms with Gasteiger partial charge in [0.05, 0.1) is 18.5 Å². The molecule has 18 heavy (non-hydrogen) atoms. The fraction of sp³-hybridized carbons (Fsp3) is 0.643. The molecule has 1 heterocycles. The molecule has 0 radical (unpaired) electrons. The topological polar surface area (TPSA) is 43.4 Å². The smallest absolute Gasteiger partial charge is 0.213 e. The van der Waals surface area contributed by atoms with E-state index in [1.54, 1.807) is 7.11 Å². The maximum absolute atomic E-state index is 5.42. The number of nitrogens with one attached hydrogen (secondary N) is 1. The molecule has 1 fully saturated rings. The van der Waals surface area contributed by atoms with E-state index in [1.807, 2.05) is 18.3 Å². The van der Waals surface area contributed by atoms with Gasteiger partial charge in [-0.2, -0.15) is 0 Å². The number of aromatic nitrogens is 1. The Kier molecular flexibility index (Phi) is 4.81. The average Bonchev–Trinajstić information content (AvgIpc) is 2.77. The molecule has 1 saturated carbocycles. The molecule has 2 atom stereocenters. The van der Waals surface area contributed by atoms with Gasteiger partial charge in [-0.3, -0.25) is 0 Å². The number of hydrogen-bond donors (Lipinski definition) is 1. The molecule has 0 aromatic carbocycles. The Morgan fingerprint density at radius 2 is 2.22 bits per heavy atom. The molecule has 1 N–H and O–H groups in total. The molecule has 0 spiro atoms. The molecule has 2 rings (SSSR count). The van der Waals surface area contributed by atoms with E-state index in [1.165, 1.54) is 19.3 Å². The lowest BCUT2D eigenvalue weighted by Gasteiger charge is -2.14. The van der Waals surface area contributed by atoms with Crippen LogP contribution < -0.4 is 10.1 Å². The number of pyridine rings is 1. The van der Waals surface area contributed by atoms with Crippen molar-refractivity contribution >= 4 is 5.69 Å². The largest absolute Gasteiger partial charge is 0.475 e. The van der Waals surface area contributed by atoms with Crippen LogP contribution in [-0.2, 0) is 4.74 Å². The summed E-state index contributed by atoms with van der Waals surface area (Å²) in [6, 6.07) is 4.52. The Labute approximate surface area is 109 Å². The minimum Gasteiger partial charge on any atom is -0.475 e. The van der Waals surface area contributed by atoms with E-state index in [0.29, 0.717) is 25.1 Å². The van der Waals surface area contributed by atoms with Crippen LogP contribution in [0.5, 0.6) is 5.88 Å². The zero-order valence-corrected chi connectivity index (χ0v) is 11.2. The SMILES string of the molecule is COCCOc1ccc(NC2CCC(C)C2)cn1. The summed E-state index contributed by atoms with van der Waals surface area (Å²) in [6.45, 7) is 3.44. The molecule has 100 valence electrons. The Morgan fingerprint density at radius 3 is 2.83 bits per heavy atom. The summed E-state index contributed by atoms with van der Waals surface area (Å²) in [5, 5.41) is 3.52. The van der Waals surface area contributed by atoms with Crippen molar-refractivity contribution in [3.05, 3.63) is 18.3 Å². The van der Waals surface area contributed by atoms with E-state index in [-0.39, 0.29) is 0 Å². The highest BCUT2D eigenvalue weighted by Crippen LogP contribution is 2.27. The first-order chi connectivity index (χ1) is 8.78. The lowest BCUT2D eigenvalue weighted by atomic mass is 10.1. The maximum atomic E-state index is 5.42. The van der Waals surface area contributed by atoms with Crippen molar-refractivity contribution in [1.29, 1.82) is 0 Å². The van der Waals surface area contributed by atoms with Crippen molar-refractivity contribution in [2.24, 2.45) is 5.92 Å². The van der Waals surface area contributed by atoms with Gasteiger partial charge in [0.2, 0.25) is 5.88 Å². The predicted molar refractivity (Wildman–Crippen MR) is 72.0 cm³/mol. The van der Waals surface area contributed by atoms with Gasteiger partial charge >= 0.3 is 0 Å². The molecule has 0 saturated heterocycles. The van der Waals surface area contributed by atoms with Gasteiger partial charge in [-0.05, 0) is 31.2 Å². The molecular formula is C14H22N2O2. The van der Waals surface area contributed by atoms with Crippen molar-refractivity contribution in [1.82, 2.24) is 4.98 Å². The Hall–Kier alpha value is -1.29. The summed E-state index contributed by atoms with van der Waals surface area (Å²) in [7, 11) is 1.66. The molecule has 0 amide bonds. The van der Waals surface area contributed by atoms with Crippen molar-refractivity contribution in [3.8, 4) is 5.88 Å². The maximum Gasteiger partial charge on any atom is 0.213 e. The summed E-state index contributed by atoms with van der Waals surface area (Å²) in [6.07, 6.45) is 5.67. The van der Waals surface area contributed by atoms with Gasteiger partial charge in [-0.25, -0.2) is 4.98 Å². The Balaban J connectivity index is 1.80. The van der Waals surface area contributed by atoms with Crippen LogP contribution >= 0.6 is 0 Å². The number of rotatable bonds is 6. The summed E-state index contributed by atoms with van der Waals surface area (Å²) in [4.78, 5) is 4.27. The van der Waals surface area contributed by atoms with Crippen molar-refractivity contribution in [3.63, 3.8) is 0 Å². The Morgan fingerprint density at radius 1 is 1.33 bits per heavy atom. The van der Waals surface area contributed by atoms with Crippen LogP contribution in [0.15, 0.2) is 18.3 Å². The molecule has 1 aliphatic carbocycles. The Bertz CT molecular complexity index is 353. The predicted octanol–water partition coefficient (Wildman–Crippen LogP) is 2.71. The van der Waals surface area contributed by atoms with E-state index in [4.69, 9.17) is 9.47 Å². The van der Waals surface area contributed by atoms with Crippen molar-refractivity contribution in [2.45, 2.75) is 32.2 Å². The van der Waals surface area contributed by atoms with E-state index in [0.717, 1.165) is 11.6 Å². The van der Waals surface area contributed by atoms with Crippen molar-refractivity contribution in [2.75, 3.05) is 25.6 Å². The zero-order chi connectivity index (χ0) is 12.8. The van der Waals surface area contributed by atoms with Crippen LogP contribution in [0.1, 0.15) is 26.2 Å². The summed E-state index contributed by atoms with van der Waals surface area (Å²) < 4.78 is 10.3.